The Hall–Kier alpha value is -0.510. The fourth-order valence-corrected chi connectivity index (χ4v) is 3.53. The van der Waals surface area contributed by atoms with E-state index in [9.17, 15) is 0 Å². The van der Waals surface area contributed by atoms with Crippen LogP contribution >= 0.6 is 11.8 Å². The first-order valence-electron chi connectivity index (χ1n) is 6.71. The lowest BCUT2D eigenvalue weighted by molar-refractivity contribution is 0.395. The van der Waals surface area contributed by atoms with E-state index in [1.54, 1.807) is 0 Å². The average Bonchev–Trinajstić information content (AvgIpc) is 2.34. The molecule has 0 amide bonds. The Morgan fingerprint density at radius 2 is 2.22 bits per heavy atom. The van der Waals surface area contributed by atoms with E-state index in [1.807, 2.05) is 18.8 Å². The fraction of sp³-hybridized carbons (Fsp3) is 0.600. The lowest BCUT2D eigenvalue weighted by atomic mass is 9.91. The van der Waals surface area contributed by atoms with E-state index in [2.05, 4.69) is 37.4 Å². The second kappa shape index (κ2) is 5.64. The van der Waals surface area contributed by atoms with Crippen LogP contribution in [0.5, 0.6) is 0 Å². The van der Waals surface area contributed by atoms with E-state index in [-0.39, 0.29) is 5.54 Å². The number of hydrogen-bond donors (Lipinski definition) is 2. The number of rotatable bonds is 4. The van der Waals surface area contributed by atoms with E-state index < -0.39 is 0 Å². The molecular weight excluding hydrogens is 240 g/mol. The van der Waals surface area contributed by atoms with Gasteiger partial charge in [0.25, 0.3) is 0 Å². The Kier molecular flexibility index (Phi) is 4.36. The summed E-state index contributed by atoms with van der Waals surface area (Å²) in [5.74, 6) is 1.26. The SMILES string of the molecule is CNC(CC(C)(C)N)c1ccc2c(c1)CCCS2. The number of hydrogen-bond acceptors (Lipinski definition) is 3. The Morgan fingerprint density at radius 3 is 2.89 bits per heavy atom. The molecule has 0 bridgehead atoms. The number of nitrogens with two attached hydrogens (primary N) is 1. The molecule has 0 spiro atoms. The van der Waals surface area contributed by atoms with Gasteiger partial charge in [-0.05, 0) is 63.1 Å². The molecule has 0 radical (unpaired) electrons. The molecule has 1 aliphatic heterocycles. The standard InChI is InChI=1S/C15H24N2S/c1-15(2,16)10-13(17-3)11-6-7-14-12(9-11)5-4-8-18-14/h6-7,9,13,17H,4-5,8,10,16H2,1-3H3. The van der Waals surface area contributed by atoms with Crippen LogP contribution in [0.2, 0.25) is 0 Å². The second-order valence-electron chi connectivity index (χ2n) is 5.85. The van der Waals surface area contributed by atoms with Crippen molar-refractivity contribution >= 4 is 11.8 Å². The molecule has 1 atom stereocenters. The van der Waals surface area contributed by atoms with Gasteiger partial charge in [-0.25, -0.2) is 0 Å². The summed E-state index contributed by atoms with van der Waals surface area (Å²) in [5, 5.41) is 3.39. The van der Waals surface area contributed by atoms with Crippen LogP contribution in [0.3, 0.4) is 0 Å². The highest BCUT2D eigenvalue weighted by molar-refractivity contribution is 7.99. The molecule has 0 aliphatic carbocycles. The van der Waals surface area contributed by atoms with E-state index in [4.69, 9.17) is 5.73 Å². The Balaban J connectivity index is 2.21. The smallest absolute Gasteiger partial charge is 0.0334 e. The number of thioether (sulfide) groups is 1. The van der Waals surface area contributed by atoms with Crippen molar-refractivity contribution in [3.05, 3.63) is 29.3 Å². The van der Waals surface area contributed by atoms with Crippen molar-refractivity contribution in [1.82, 2.24) is 5.32 Å². The molecule has 2 rings (SSSR count). The number of benzene rings is 1. The van der Waals surface area contributed by atoms with Crippen LogP contribution in [0, 0.1) is 0 Å². The Labute approximate surface area is 115 Å². The summed E-state index contributed by atoms with van der Waals surface area (Å²) in [6.45, 7) is 4.18. The summed E-state index contributed by atoms with van der Waals surface area (Å²) >= 11 is 1.98. The molecule has 1 unspecified atom stereocenters. The summed E-state index contributed by atoms with van der Waals surface area (Å²) in [5.41, 5.74) is 8.89. The Bertz CT molecular complexity index is 409. The summed E-state index contributed by atoms with van der Waals surface area (Å²) in [6, 6.07) is 7.25. The zero-order valence-electron chi connectivity index (χ0n) is 11.6. The minimum absolute atomic E-state index is 0.141. The van der Waals surface area contributed by atoms with E-state index in [0.717, 1.165) is 6.42 Å². The normalized spacial score (nSPS) is 17.3. The molecule has 1 aromatic carbocycles. The van der Waals surface area contributed by atoms with Crippen molar-refractivity contribution < 1.29 is 0 Å². The topological polar surface area (TPSA) is 38.0 Å². The van der Waals surface area contributed by atoms with Gasteiger partial charge >= 0.3 is 0 Å². The summed E-state index contributed by atoms with van der Waals surface area (Å²) < 4.78 is 0. The van der Waals surface area contributed by atoms with Crippen LogP contribution in [0.4, 0.5) is 0 Å². The molecule has 0 saturated heterocycles. The molecule has 0 aromatic heterocycles. The lowest BCUT2D eigenvalue weighted by Crippen LogP contribution is -2.36. The van der Waals surface area contributed by atoms with Crippen molar-refractivity contribution in [2.75, 3.05) is 12.8 Å². The third-order valence-corrected chi connectivity index (χ3v) is 4.62. The zero-order chi connectivity index (χ0) is 13.2. The van der Waals surface area contributed by atoms with Crippen LogP contribution in [0.15, 0.2) is 23.1 Å². The van der Waals surface area contributed by atoms with Crippen LogP contribution < -0.4 is 11.1 Å². The van der Waals surface area contributed by atoms with Crippen molar-refractivity contribution in [3.8, 4) is 0 Å². The molecule has 1 aromatic rings. The Morgan fingerprint density at radius 1 is 1.44 bits per heavy atom. The van der Waals surface area contributed by atoms with Gasteiger partial charge in [0.1, 0.15) is 0 Å². The van der Waals surface area contributed by atoms with Gasteiger partial charge in [-0.3, -0.25) is 0 Å². The first-order chi connectivity index (χ1) is 8.49. The van der Waals surface area contributed by atoms with Crippen molar-refractivity contribution in [3.63, 3.8) is 0 Å². The molecule has 100 valence electrons. The molecule has 3 N–H and O–H groups in total. The van der Waals surface area contributed by atoms with Gasteiger partial charge in [0.15, 0.2) is 0 Å². The van der Waals surface area contributed by atoms with Gasteiger partial charge in [-0.1, -0.05) is 12.1 Å². The minimum Gasteiger partial charge on any atom is -0.325 e. The molecule has 0 fully saturated rings. The van der Waals surface area contributed by atoms with Crippen molar-refractivity contribution in [2.24, 2.45) is 5.73 Å². The van der Waals surface area contributed by atoms with Gasteiger partial charge in [0.05, 0.1) is 0 Å². The van der Waals surface area contributed by atoms with Crippen LogP contribution in [0.25, 0.3) is 0 Å². The first kappa shape index (κ1) is 13.9. The maximum Gasteiger partial charge on any atom is 0.0334 e. The lowest BCUT2D eigenvalue weighted by Gasteiger charge is -2.27. The summed E-state index contributed by atoms with van der Waals surface area (Å²) in [6.07, 6.45) is 3.47. The molecule has 3 heteroatoms. The molecule has 1 aliphatic rings. The predicted molar refractivity (Wildman–Crippen MR) is 80.2 cm³/mol. The molecule has 18 heavy (non-hydrogen) atoms. The fourth-order valence-electron chi connectivity index (χ4n) is 2.51. The van der Waals surface area contributed by atoms with Crippen molar-refractivity contribution in [1.29, 1.82) is 0 Å². The number of fused-ring (bicyclic) bond motifs is 1. The third-order valence-electron chi connectivity index (χ3n) is 3.41. The van der Waals surface area contributed by atoms with Gasteiger partial charge in [0.2, 0.25) is 0 Å². The van der Waals surface area contributed by atoms with Crippen LogP contribution in [-0.2, 0) is 6.42 Å². The number of aryl methyl sites for hydroxylation is 1. The molecular formula is C15H24N2S. The maximum atomic E-state index is 6.14. The molecule has 2 nitrogen and oxygen atoms in total. The summed E-state index contributed by atoms with van der Waals surface area (Å²) in [7, 11) is 2.02. The predicted octanol–water partition coefficient (Wildman–Crippen LogP) is 3.11. The van der Waals surface area contributed by atoms with Gasteiger partial charge in [-0.2, -0.15) is 0 Å². The van der Waals surface area contributed by atoms with Gasteiger partial charge in [0, 0.05) is 16.5 Å². The van der Waals surface area contributed by atoms with E-state index in [1.165, 1.54) is 34.6 Å². The zero-order valence-corrected chi connectivity index (χ0v) is 12.4. The van der Waals surface area contributed by atoms with E-state index in [0.29, 0.717) is 6.04 Å². The second-order valence-corrected chi connectivity index (χ2v) is 6.99. The molecule has 0 saturated carbocycles. The largest absolute Gasteiger partial charge is 0.325 e. The quantitative estimate of drug-likeness (QED) is 0.877. The summed E-state index contributed by atoms with van der Waals surface area (Å²) in [4.78, 5) is 1.46. The highest BCUT2D eigenvalue weighted by Gasteiger charge is 2.20. The van der Waals surface area contributed by atoms with Gasteiger partial charge in [-0.15, -0.1) is 11.8 Å². The monoisotopic (exact) mass is 264 g/mol. The highest BCUT2D eigenvalue weighted by Crippen LogP contribution is 2.33. The first-order valence-corrected chi connectivity index (χ1v) is 7.70. The molecule has 1 heterocycles. The van der Waals surface area contributed by atoms with Crippen LogP contribution in [0.1, 0.15) is 43.9 Å². The van der Waals surface area contributed by atoms with Crippen LogP contribution in [-0.4, -0.2) is 18.3 Å². The third kappa shape index (κ3) is 3.50. The maximum absolute atomic E-state index is 6.14. The minimum atomic E-state index is -0.141. The highest BCUT2D eigenvalue weighted by atomic mass is 32.2. The van der Waals surface area contributed by atoms with Crippen molar-refractivity contribution in [2.45, 2.75) is 49.6 Å². The van der Waals surface area contributed by atoms with E-state index >= 15 is 0 Å². The number of nitrogens with one attached hydrogen (secondary N) is 1. The van der Waals surface area contributed by atoms with Gasteiger partial charge < -0.3 is 11.1 Å². The average molecular weight is 264 g/mol.